The molecule has 2 aliphatic rings. The molecular weight excluding hydrogens is 645 g/mol. The van der Waals surface area contributed by atoms with Crippen molar-refractivity contribution in [1.29, 1.82) is 0 Å². The summed E-state index contributed by atoms with van der Waals surface area (Å²) in [5.74, 6) is 0. The summed E-state index contributed by atoms with van der Waals surface area (Å²) >= 11 is 7.86. The molecule has 2 aliphatic heterocycles. The Hall–Kier alpha value is -4.48. The largest absolute Gasteiger partial charge is 2.00 e. The Morgan fingerprint density at radius 1 is 0.533 bits per heavy atom. The van der Waals surface area contributed by atoms with E-state index in [0.29, 0.717) is 5.02 Å². The van der Waals surface area contributed by atoms with Gasteiger partial charge in [0.25, 0.3) is 0 Å². The van der Waals surface area contributed by atoms with Gasteiger partial charge in [-0.3, -0.25) is 0 Å². The number of hydrogen-bond donors (Lipinski definition) is 0. The Morgan fingerprint density at radius 3 is 1.82 bits per heavy atom. The van der Waals surface area contributed by atoms with Crippen LogP contribution in [0.2, 0.25) is 5.02 Å². The molecular formula is C38H23ClN4SZn. The Balaban J connectivity index is 0.00000325. The Bertz CT molecular complexity index is 2220. The van der Waals surface area contributed by atoms with Gasteiger partial charge in [-0.25, -0.2) is 9.97 Å². The van der Waals surface area contributed by atoms with Gasteiger partial charge in [-0.2, -0.15) is 0 Å². The summed E-state index contributed by atoms with van der Waals surface area (Å²) in [5, 5.41) is 0.698. The quantitative estimate of drug-likeness (QED) is 0.175. The number of nitrogens with zero attached hydrogens (tertiary/aromatic N) is 4. The molecule has 5 heterocycles. The van der Waals surface area contributed by atoms with Gasteiger partial charge in [0.1, 0.15) is 0 Å². The third-order valence-corrected chi connectivity index (χ3v) is 8.93. The molecule has 8 bridgehead atoms. The maximum Gasteiger partial charge on any atom is 2.00 e. The molecule has 4 nitrogen and oxygen atoms in total. The summed E-state index contributed by atoms with van der Waals surface area (Å²) in [4.78, 5) is 22.5. The minimum atomic E-state index is 0. The standard InChI is InChI=1S/C38H23ClN4S.Zn/c39-26-11-15-29(16-12-26)44-38-34-21-19-32(42-34)36(24-7-3-1-4-8-24)30-17-13-27(40-30)23-28-14-18-31(41-28)37(25-9-5-2-6-10-25)33-20-22-35(38)43-33;/h1-23H;/q-2;+2. The molecule has 0 amide bonds. The van der Waals surface area contributed by atoms with Crippen molar-refractivity contribution in [3.8, 4) is 22.3 Å². The van der Waals surface area contributed by atoms with Crippen LogP contribution >= 0.6 is 23.4 Å². The summed E-state index contributed by atoms with van der Waals surface area (Å²) in [6.07, 6.45) is 8.25. The van der Waals surface area contributed by atoms with Gasteiger partial charge in [-0.15, -0.1) is 22.1 Å². The first-order chi connectivity index (χ1) is 21.7. The summed E-state index contributed by atoms with van der Waals surface area (Å²) in [5.41, 5.74) is 10.9. The van der Waals surface area contributed by atoms with Gasteiger partial charge in [0.15, 0.2) is 0 Å². The molecule has 0 radical (unpaired) electrons. The number of aromatic nitrogens is 4. The summed E-state index contributed by atoms with van der Waals surface area (Å²) in [7, 11) is 0. The van der Waals surface area contributed by atoms with Crippen LogP contribution in [-0.4, -0.2) is 9.97 Å². The second-order valence-electron chi connectivity index (χ2n) is 10.5. The zero-order valence-corrected chi connectivity index (χ0v) is 28.6. The Morgan fingerprint density at radius 2 is 1.11 bits per heavy atom. The first-order valence-electron chi connectivity index (χ1n) is 14.2. The van der Waals surface area contributed by atoms with Crippen molar-refractivity contribution in [2.75, 3.05) is 0 Å². The van der Waals surface area contributed by atoms with Crippen molar-refractivity contribution >= 4 is 69.7 Å². The van der Waals surface area contributed by atoms with Crippen LogP contribution < -0.4 is 9.97 Å². The molecule has 0 atom stereocenters. The van der Waals surface area contributed by atoms with E-state index in [1.165, 1.54) is 0 Å². The molecule has 3 aromatic heterocycles. The smallest absolute Gasteiger partial charge is 0.657 e. The van der Waals surface area contributed by atoms with Crippen LogP contribution in [-0.2, 0) is 19.5 Å². The maximum atomic E-state index is 6.23. The molecule has 45 heavy (non-hydrogen) atoms. The molecule has 0 saturated carbocycles. The molecule has 210 valence electrons. The molecule has 7 heteroatoms. The fraction of sp³-hybridized carbons (Fsp3) is 0. The van der Waals surface area contributed by atoms with E-state index in [0.717, 1.165) is 76.9 Å². The van der Waals surface area contributed by atoms with Crippen LogP contribution in [0.4, 0.5) is 0 Å². The third kappa shape index (κ3) is 5.85. The van der Waals surface area contributed by atoms with E-state index in [9.17, 15) is 0 Å². The number of benzene rings is 3. The predicted octanol–water partition coefficient (Wildman–Crippen LogP) is 10.0. The van der Waals surface area contributed by atoms with E-state index < -0.39 is 0 Å². The summed E-state index contributed by atoms with van der Waals surface area (Å²) in [6.45, 7) is 0. The number of halogens is 1. The molecule has 0 unspecified atom stereocenters. The van der Waals surface area contributed by atoms with Crippen LogP contribution in [0.15, 0.2) is 125 Å². The monoisotopic (exact) mass is 666 g/mol. The van der Waals surface area contributed by atoms with Crippen molar-refractivity contribution in [3.05, 3.63) is 143 Å². The zero-order valence-electron chi connectivity index (χ0n) is 24.1. The van der Waals surface area contributed by atoms with Crippen molar-refractivity contribution in [2.24, 2.45) is 0 Å². The fourth-order valence-corrected chi connectivity index (χ4v) is 6.59. The van der Waals surface area contributed by atoms with E-state index in [2.05, 4.69) is 60.7 Å². The number of fused-ring (bicyclic) bond motifs is 8. The second-order valence-corrected chi connectivity index (χ2v) is 12.0. The van der Waals surface area contributed by atoms with Gasteiger partial charge in [0.05, 0.1) is 22.8 Å². The molecule has 0 saturated heterocycles. The number of hydrogen-bond acceptors (Lipinski definition) is 3. The van der Waals surface area contributed by atoms with Gasteiger partial charge in [0, 0.05) is 14.8 Å². The molecule has 0 fully saturated rings. The predicted molar refractivity (Wildman–Crippen MR) is 183 cm³/mol. The van der Waals surface area contributed by atoms with E-state index in [1.54, 1.807) is 11.8 Å². The van der Waals surface area contributed by atoms with Crippen LogP contribution in [0.25, 0.3) is 68.6 Å². The minimum Gasteiger partial charge on any atom is -0.657 e. The molecule has 6 aromatic rings. The van der Waals surface area contributed by atoms with E-state index in [4.69, 9.17) is 31.5 Å². The first-order valence-corrected chi connectivity index (χ1v) is 15.4. The average molecular weight is 669 g/mol. The topological polar surface area (TPSA) is 54.0 Å². The number of rotatable bonds is 4. The molecule has 0 spiro atoms. The normalized spacial score (nSPS) is 11.8. The van der Waals surface area contributed by atoms with Gasteiger partial charge < -0.3 is 9.97 Å². The van der Waals surface area contributed by atoms with Gasteiger partial charge in [0.2, 0.25) is 0 Å². The average Bonchev–Trinajstić information content (AvgIpc) is 3.88. The third-order valence-electron chi connectivity index (χ3n) is 7.55. The zero-order chi connectivity index (χ0) is 29.5. The molecule has 3 aromatic carbocycles. The fourth-order valence-electron chi connectivity index (χ4n) is 5.52. The molecule has 0 aliphatic carbocycles. The van der Waals surface area contributed by atoms with Gasteiger partial charge >= 0.3 is 19.5 Å². The molecule has 0 N–H and O–H groups in total. The van der Waals surface area contributed by atoms with Crippen molar-refractivity contribution in [2.45, 2.75) is 9.79 Å². The SMILES string of the molecule is Clc1ccc(Sc2c3nc(c(-c4ccccc4)c4ccc(cc5nc(c(-c6ccccc6)c6ccc2[n-]6)C=C5)[n-]4)C=C3)cc1.[Zn+2]. The van der Waals surface area contributed by atoms with Crippen LogP contribution in [0.5, 0.6) is 0 Å². The summed E-state index contributed by atoms with van der Waals surface area (Å²) < 4.78 is 0. The molecule has 8 rings (SSSR count). The van der Waals surface area contributed by atoms with E-state index >= 15 is 0 Å². The van der Waals surface area contributed by atoms with Crippen LogP contribution in [0.1, 0.15) is 22.8 Å². The Kier molecular flexibility index (Phi) is 8.12. The van der Waals surface area contributed by atoms with E-state index in [1.807, 2.05) is 78.9 Å². The maximum absolute atomic E-state index is 6.23. The van der Waals surface area contributed by atoms with Gasteiger partial charge in [-0.05, 0) is 70.8 Å². The van der Waals surface area contributed by atoms with E-state index in [-0.39, 0.29) is 19.5 Å². The van der Waals surface area contributed by atoms with Gasteiger partial charge in [-0.1, -0.05) is 114 Å². The van der Waals surface area contributed by atoms with Crippen molar-refractivity contribution < 1.29 is 19.5 Å². The van der Waals surface area contributed by atoms with Crippen molar-refractivity contribution in [1.82, 2.24) is 19.9 Å². The second kappa shape index (κ2) is 12.5. The Labute approximate surface area is 282 Å². The van der Waals surface area contributed by atoms with Crippen LogP contribution in [0.3, 0.4) is 0 Å². The van der Waals surface area contributed by atoms with Crippen molar-refractivity contribution in [3.63, 3.8) is 0 Å². The minimum absolute atomic E-state index is 0. The summed E-state index contributed by atoms with van der Waals surface area (Å²) in [6, 6.07) is 38.7. The first kappa shape index (κ1) is 29.2. The van der Waals surface area contributed by atoms with Crippen LogP contribution in [0, 0.1) is 0 Å².